The van der Waals surface area contributed by atoms with Gasteiger partial charge >= 0.3 is 0 Å². The van der Waals surface area contributed by atoms with Gasteiger partial charge in [-0.05, 0) is 49.2 Å². The van der Waals surface area contributed by atoms with E-state index in [2.05, 4.69) is 15.6 Å². The van der Waals surface area contributed by atoms with Gasteiger partial charge < -0.3 is 15.4 Å². The average molecular weight is 460 g/mol. The van der Waals surface area contributed by atoms with Gasteiger partial charge in [-0.2, -0.15) is 0 Å². The number of thioether (sulfide) groups is 1. The van der Waals surface area contributed by atoms with Gasteiger partial charge in [-0.3, -0.25) is 9.79 Å². The van der Waals surface area contributed by atoms with Gasteiger partial charge in [0, 0.05) is 23.0 Å². The van der Waals surface area contributed by atoms with Crippen LogP contribution in [0.3, 0.4) is 0 Å². The lowest BCUT2D eigenvalue weighted by atomic mass is 10.1. The van der Waals surface area contributed by atoms with E-state index in [4.69, 9.17) is 4.74 Å². The Bertz CT molecular complexity index is 1080. The van der Waals surface area contributed by atoms with Crippen molar-refractivity contribution in [2.75, 3.05) is 30.0 Å². The maximum absolute atomic E-state index is 12.5. The van der Waals surface area contributed by atoms with Crippen molar-refractivity contribution in [3.63, 3.8) is 0 Å². The third-order valence-corrected chi connectivity index (χ3v) is 8.27. The number of aliphatic imine (C=N–C) groups is 1. The molecular weight excluding hydrogens is 434 g/mol. The van der Waals surface area contributed by atoms with E-state index in [1.54, 1.807) is 12.1 Å². The molecule has 2 heterocycles. The van der Waals surface area contributed by atoms with E-state index in [0.717, 1.165) is 23.4 Å². The van der Waals surface area contributed by atoms with E-state index in [9.17, 15) is 13.2 Å². The summed E-state index contributed by atoms with van der Waals surface area (Å²) in [4.78, 5) is 17.0. The molecule has 2 aromatic rings. The predicted molar refractivity (Wildman–Crippen MR) is 125 cm³/mol. The molecule has 2 aliphatic heterocycles. The molecule has 164 valence electrons. The van der Waals surface area contributed by atoms with E-state index in [0.29, 0.717) is 23.9 Å². The number of rotatable bonds is 7. The van der Waals surface area contributed by atoms with Crippen LogP contribution in [0.15, 0.2) is 53.5 Å². The number of amides is 1. The van der Waals surface area contributed by atoms with Gasteiger partial charge in [0.15, 0.2) is 15.0 Å². The normalized spacial score (nSPS) is 21.3. The van der Waals surface area contributed by atoms with E-state index in [1.165, 1.54) is 11.8 Å². The number of carbonyl (C=O) groups excluding carboxylic acids is 1. The van der Waals surface area contributed by atoms with Crippen molar-refractivity contribution >= 4 is 38.4 Å². The standard InChI is InChI=1S/C22H25N3O4S2/c1-2-29-18-8-6-15(7-9-18)10-11-23-21(26)16-4-3-5-17(12-16)24-22-25-19-13-31(27,28)14-20(19)30-22/h3-9,12,19-20H,2,10-11,13-14H2,1H3,(H,23,26)(H,24,25)/t19-,20+/m1/s1. The molecule has 4 rings (SSSR count). The monoisotopic (exact) mass is 459 g/mol. The molecule has 2 atom stereocenters. The van der Waals surface area contributed by atoms with Gasteiger partial charge in [0.05, 0.1) is 24.2 Å². The number of nitrogens with one attached hydrogen (secondary N) is 2. The highest BCUT2D eigenvalue weighted by Gasteiger charge is 2.42. The van der Waals surface area contributed by atoms with E-state index >= 15 is 0 Å². The molecule has 0 saturated carbocycles. The Hall–Kier alpha value is -2.52. The number of anilines is 1. The fraction of sp³-hybridized carbons (Fsp3) is 0.364. The number of benzene rings is 2. The van der Waals surface area contributed by atoms with Crippen LogP contribution in [0.5, 0.6) is 5.75 Å². The van der Waals surface area contributed by atoms with Crippen molar-refractivity contribution in [1.82, 2.24) is 5.32 Å². The van der Waals surface area contributed by atoms with Crippen LogP contribution in [-0.4, -0.2) is 55.4 Å². The van der Waals surface area contributed by atoms with E-state index in [1.807, 2.05) is 43.3 Å². The van der Waals surface area contributed by atoms with Crippen LogP contribution in [-0.2, 0) is 16.3 Å². The lowest BCUT2D eigenvalue weighted by molar-refractivity contribution is 0.0954. The third-order valence-electron chi connectivity index (χ3n) is 5.13. The van der Waals surface area contributed by atoms with Crippen molar-refractivity contribution in [3.05, 3.63) is 59.7 Å². The smallest absolute Gasteiger partial charge is 0.251 e. The highest BCUT2D eigenvalue weighted by Crippen LogP contribution is 2.34. The quantitative estimate of drug-likeness (QED) is 0.661. The van der Waals surface area contributed by atoms with Gasteiger partial charge in [-0.1, -0.05) is 30.0 Å². The van der Waals surface area contributed by atoms with Gasteiger partial charge in [-0.25, -0.2) is 8.42 Å². The van der Waals surface area contributed by atoms with Gasteiger partial charge in [0.1, 0.15) is 5.75 Å². The molecule has 7 nitrogen and oxygen atoms in total. The molecule has 31 heavy (non-hydrogen) atoms. The average Bonchev–Trinajstić information content (AvgIpc) is 3.22. The zero-order chi connectivity index (χ0) is 21.8. The number of ether oxygens (including phenoxy) is 1. The molecule has 1 amide bonds. The van der Waals surface area contributed by atoms with Gasteiger partial charge in [-0.15, -0.1) is 0 Å². The summed E-state index contributed by atoms with van der Waals surface area (Å²) in [5.41, 5.74) is 2.44. The Morgan fingerprint density at radius 1 is 1.19 bits per heavy atom. The lowest BCUT2D eigenvalue weighted by Crippen LogP contribution is -2.25. The van der Waals surface area contributed by atoms with Crippen LogP contribution < -0.4 is 15.4 Å². The molecule has 0 unspecified atom stereocenters. The van der Waals surface area contributed by atoms with Crippen LogP contribution in [0.25, 0.3) is 0 Å². The summed E-state index contributed by atoms with van der Waals surface area (Å²) in [5, 5.41) is 6.86. The summed E-state index contributed by atoms with van der Waals surface area (Å²) in [7, 11) is -2.97. The maximum Gasteiger partial charge on any atom is 0.251 e. The highest BCUT2D eigenvalue weighted by molar-refractivity contribution is 8.15. The fourth-order valence-corrected chi connectivity index (χ4v) is 7.30. The lowest BCUT2D eigenvalue weighted by Gasteiger charge is -2.10. The summed E-state index contributed by atoms with van der Waals surface area (Å²) < 4.78 is 28.8. The molecule has 2 aliphatic rings. The second-order valence-corrected chi connectivity index (χ2v) is 10.9. The van der Waals surface area contributed by atoms with Crippen LogP contribution in [0, 0.1) is 0 Å². The Morgan fingerprint density at radius 3 is 2.74 bits per heavy atom. The first-order chi connectivity index (χ1) is 14.9. The first-order valence-corrected chi connectivity index (χ1v) is 12.9. The van der Waals surface area contributed by atoms with Crippen LogP contribution in [0.2, 0.25) is 0 Å². The summed E-state index contributed by atoms with van der Waals surface area (Å²) in [6.45, 7) is 3.12. The first kappa shape index (κ1) is 21.7. The molecule has 2 aromatic carbocycles. The molecule has 9 heteroatoms. The van der Waals surface area contributed by atoms with Crippen molar-refractivity contribution in [1.29, 1.82) is 0 Å². The molecule has 0 spiro atoms. The van der Waals surface area contributed by atoms with Crippen molar-refractivity contribution in [3.8, 4) is 5.75 Å². The molecule has 2 N–H and O–H groups in total. The fourth-order valence-electron chi connectivity index (χ4n) is 3.62. The Balaban J connectivity index is 1.29. The van der Waals surface area contributed by atoms with Crippen LogP contribution in [0.4, 0.5) is 5.69 Å². The number of fused-ring (bicyclic) bond motifs is 1. The molecule has 0 radical (unpaired) electrons. The number of hydrogen-bond acceptors (Lipinski definition) is 7. The third kappa shape index (κ3) is 5.59. The zero-order valence-corrected chi connectivity index (χ0v) is 18.8. The largest absolute Gasteiger partial charge is 0.494 e. The topological polar surface area (TPSA) is 96.9 Å². The molecule has 0 bridgehead atoms. The number of hydrogen-bond donors (Lipinski definition) is 2. The summed E-state index contributed by atoms with van der Waals surface area (Å²) in [6, 6.07) is 14.9. The minimum Gasteiger partial charge on any atom is -0.494 e. The Kier molecular flexibility index (Phi) is 6.52. The first-order valence-electron chi connectivity index (χ1n) is 10.2. The van der Waals surface area contributed by atoms with Crippen LogP contribution >= 0.6 is 11.8 Å². The molecular formula is C22H25N3O4S2. The Labute approximate surface area is 186 Å². The Morgan fingerprint density at radius 2 is 2.00 bits per heavy atom. The second-order valence-electron chi connectivity index (χ2n) is 7.52. The summed E-state index contributed by atoms with van der Waals surface area (Å²) >= 11 is 1.46. The number of nitrogens with zero attached hydrogens (tertiary/aromatic N) is 1. The van der Waals surface area contributed by atoms with E-state index < -0.39 is 9.84 Å². The maximum atomic E-state index is 12.5. The number of amidine groups is 1. The molecule has 1 fully saturated rings. The minimum atomic E-state index is -2.97. The van der Waals surface area contributed by atoms with Crippen molar-refractivity contribution < 1.29 is 17.9 Å². The van der Waals surface area contributed by atoms with Crippen LogP contribution in [0.1, 0.15) is 22.8 Å². The molecule has 1 saturated heterocycles. The van der Waals surface area contributed by atoms with Crippen molar-refractivity contribution in [2.45, 2.75) is 24.6 Å². The highest BCUT2D eigenvalue weighted by atomic mass is 32.2. The predicted octanol–water partition coefficient (Wildman–Crippen LogP) is 2.74. The van der Waals surface area contributed by atoms with Gasteiger partial charge in [0.2, 0.25) is 0 Å². The van der Waals surface area contributed by atoms with E-state index in [-0.39, 0.29) is 28.7 Å². The van der Waals surface area contributed by atoms with Gasteiger partial charge in [0.25, 0.3) is 5.91 Å². The minimum absolute atomic E-state index is 0.0124. The van der Waals surface area contributed by atoms with Crippen molar-refractivity contribution in [2.24, 2.45) is 4.99 Å². The second kappa shape index (κ2) is 9.32. The summed E-state index contributed by atoms with van der Waals surface area (Å²) in [6.07, 6.45) is 0.731. The number of carbonyl (C=O) groups is 1. The SMILES string of the molecule is CCOc1ccc(CCNC(=O)c2cccc(NC3=N[C@@H]4CS(=O)(=O)C[C@@H]4S3)c2)cc1. The molecule has 0 aromatic heterocycles. The zero-order valence-electron chi connectivity index (χ0n) is 17.2. The number of sulfone groups is 1. The molecule has 0 aliphatic carbocycles. The summed E-state index contributed by atoms with van der Waals surface area (Å²) in [5.74, 6) is 0.994.